The number of aromatic nitrogens is 4. The van der Waals surface area contributed by atoms with Crippen LogP contribution in [0.25, 0.3) is 11.4 Å². The van der Waals surface area contributed by atoms with Gasteiger partial charge in [-0.05, 0) is 41.8 Å². The number of rotatable bonds is 3. The van der Waals surface area contributed by atoms with Crippen molar-refractivity contribution in [3.63, 3.8) is 0 Å². The highest BCUT2D eigenvalue weighted by atomic mass is 35.5. The second kappa shape index (κ2) is 6.17. The van der Waals surface area contributed by atoms with Crippen LogP contribution in [0.1, 0.15) is 19.3 Å². The summed E-state index contributed by atoms with van der Waals surface area (Å²) in [5.41, 5.74) is 6.97. The van der Waals surface area contributed by atoms with Crippen molar-refractivity contribution in [3.05, 3.63) is 22.2 Å². The summed E-state index contributed by atoms with van der Waals surface area (Å²) in [7, 11) is 0. The topological polar surface area (TPSA) is 78.9 Å². The second-order valence-corrected chi connectivity index (χ2v) is 5.82. The van der Waals surface area contributed by atoms with Crippen LogP contribution in [0.4, 0.5) is 5.69 Å². The van der Waals surface area contributed by atoms with Crippen LogP contribution in [-0.2, 0) is 11.3 Å². The minimum atomic E-state index is 0.122. The number of nitrogen functional groups attached to an aromatic ring is 1. The first-order chi connectivity index (χ1) is 10.1. The molecule has 0 spiro atoms. The monoisotopic (exact) mass is 327 g/mol. The molecule has 2 aromatic rings. The van der Waals surface area contributed by atoms with Gasteiger partial charge in [0.1, 0.15) is 0 Å². The van der Waals surface area contributed by atoms with Gasteiger partial charge in [0.15, 0.2) is 5.82 Å². The summed E-state index contributed by atoms with van der Waals surface area (Å²) in [6.45, 7) is 1.37. The smallest absolute Gasteiger partial charge is 0.183 e. The molecule has 3 rings (SSSR count). The summed E-state index contributed by atoms with van der Waals surface area (Å²) in [6.07, 6.45) is 3.39. The molecule has 1 aliphatic rings. The lowest BCUT2D eigenvalue weighted by molar-refractivity contribution is 0.00397. The Kier molecular flexibility index (Phi) is 4.28. The van der Waals surface area contributed by atoms with E-state index in [1.807, 2.05) is 0 Å². The minimum absolute atomic E-state index is 0.122. The van der Waals surface area contributed by atoms with E-state index in [0.717, 1.165) is 25.9 Å². The summed E-state index contributed by atoms with van der Waals surface area (Å²) in [4.78, 5) is 0. The molecule has 21 heavy (non-hydrogen) atoms. The number of ether oxygens (including phenoxy) is 1. The van der Waals surface area contributed by atoms with Crippen LogP contribution in [0.2, 0.25) is 10.0 Å². The van der Waals surface area contributed by atoms with Crippen LogP contribution in [0.3, 0.4) is 0 Å². The van der Waals surface area contributed by atoms with Gasteiger partial charge in [-0.2, -0.15) is 0 Å². The van der Waals surface area contributed by atoms with Gasteiger partial charge in [0.25, 0.3) is 0 Å². The molecule has 2 heterocycles. The molecule has 1 saturated heterocycles. The fraction of sp³-hybridized carbons (Fsp3) is 0.462. The molecular weight excluding hydrogens is 313 g/mol. The molecule has 0 radical (unpaired) electrons. The number of anilines is 1. The molecule has 112 valence electrons. The maximum Gasteiger partial charge on any atom is 0.183 e. The first-order valence-electron chi connectivity index (χ1n) is 6.78. The third kappa shape index (κ3) is 3.12. The van der Waals surface area contributed by atoms with E-state index in [-0.39, 0.29) is 6.10 Å². The van der Waals surface area contributed by atoms with Gasteiger partial charge < -0.3 is 10.5 Å². The highest BCUT2D eigenvalue weighted by molar-refractivity contribution is 6.43. The van der Waals surface area contributed by atoms with Crippen molar-refractivity contribution in [3.8, 4) is 11.4 Å². The van der Waals surface area contributed by atoms with Gasteiger partial charge >= 0.3 is 0 Å². The van der Waals surface area contributed by atoms with E-state index in [1.165, 1.54) is 0 Å². The molecule has 0 amide bonds. The van der Waals surface area contributed by atoms with E-state index in [0.29, 0.717) is 33.7 Å². The predicted molar refractivity (Wildman–Crippen MR) is 81.3 cm³/mol. The molecule has 0 aliphatic carbocycles. The predicted octanol–water partition coefficient (Wildman–Crippen LogP) is 2.80. The largest absolute Gasteiger partial charge is 0.399 e. The van der Waals surface area contributed by atoms with Crippen LogP contribution in [0.5, 0.6) is 0 Å². The number of tetrazole rings is 1. The number of halogens is 2. The average Bonchev–Trinajstić information content (AvgIpc) is 2.92. The Morgan fingerprint density at radius 1 is 1.33 bits per heavy atom. The summed E-state index contributed by atoms with van der Waals surface area (Å²) >= 11 is 12.3. The maximum atomic E-state index is 6.24. The van der Waals surface area contributed by atoms with Gasteiger partial charge in [-0.1, -0.05) is 23.2 Å². The van der Waals surface area contributed by atoms with Crippen molar-refractivity contribution in [1.82, 2.24) is 20.2 Å². The van der Waals surface area contributed by atoms with E-state index in [4.69, 9.17) is 33.7 Å². The molecule has 0 bridgehead atoms. The molecule has 1 atom stereocenters. The SMILES string of the molecule is Nc1cc(Cl)c(Cl)c(-c2nnnn2CC2CCCCO2)c1. The van der Waals surface area contributed by atoms with Crippen molar-refractivity contribution in [1.29, 1.82) is 0 Å². The number of hydrogen-bond acceptors (Lipinski definition) is 5. The Balaban J connectivity index is 1.91. The summed E-state index contributed by atoms with van der Waals surface area (Å²) in [5, 5.41) is 12.6. The van der Waals surface area contributed by atoms with Gasteiger partial charge in [-0.15, -0.1) is 5.10 Å². The molecule has 0 saturated carbocycles. The lowest BCUT2D eigenvalue weighted by Crippen LogP contribution is -2.25. The Bertz CT molecular complexity index is 639. The van der Waals surface area contributed by atoms with Crippen molar-refractivity contribution < 1.29 is 4.74 Å². The average molecular weight is 328 g/mol. The molecule has 6 nitrogen and oxygen atoms in total. The zero-order chi connectivity index (χ0) is 14.8. The zero-order valence-electron chi connectivity index (χ0n) is 11.3. The van der Waals surface area contributed by atoms with Gasteiger partial charge in [0.05, 0.1) is 22.7 Å². The lowest BCUT2D eigenvalue weighted by Gasteiger charge is -2.22. The standard InChI is InChI=1S/C13H15Cl2N5O/c14-11-6-8(16)5-10(12(11)15)13-17-18-19-20(13)7-9-3-1-2-4-21-9/h5-6,9H,1-4,7,16H2. The number of hydrogen-bond donors (Lipinski definition) is 1. The van der Waals surface area contributed by atoms with Gasteiger partial charge in [0, 0.05) is 17.9 Å². The van der Waals surface area contributed by atoms with Crippen LogP contribution >= 0.6 is 23.2 Å². The molecule has 1 aliphatic heterocycles. The quantitative estimate of drug-likeness (QED) is 0.877. The second-order valence-electron chi connectivity index (χ2n) is 5.04. The van der Waals surface area contributed by atoms with Crippen LogP contribution < -0.4 is 5.73 Å². The fourth-order valence-corrected chi connectivity index (χ4v) is 2.86. The van der Waals surface area contributed by atoms with Gasteiger partial charge in [-0.3, -0.25) is 0 Å². The molecular formula is C13H15Cl2N5O. The molecule has 1 aromatic carbocycles. The zero-order valence-corrected chi connectivity index (χ0v) is 12.8. The third-order valence-corrected chi connectivity index (χ3v) is 4.28. The molecule has 1 unspecified atom stereocenters. The molecule has 1 fully saturated rings. The molecule has 1 aromatic heterocycles. The Morgan fingerprint density at radius 3 is 2.95 bits per heavy atom. The normalized spacial score (nSPS) is 18.9. The Labute approximate surface area is 132 Å². The van der Waals surface area contributed by atoms with Crippen molar-refractivity contribution in [2.24, 2.45) is 0 Å². The number of nitrogens with zero attached hydrogens (tertiary/aromatic N) is 4. The van der Waals surface area contributed by atoms with E-state index in [1.54, 1.807) is 16.8 Å². The third-order valence-electron chi connectivity index (χ3n) is 3.47. The summed E-state index contributed by atoms with van der Waals surface area (Å²) in [6, 6.07) is 3.32. The number of benzene rings is 1. The highest BCUT2D eigenvalue weighted by Crippen LogP contribution is 2.34. The number of nitrogens with two attached hydrogens (primary N) is 1. The van der Waals surface area contributed by atoms with Crippen LogP contribution in [0, 0.1) is 0 Å². The maximum absolute atomic E-state index is 6.24. The van der Waals surface area contributed by atoms with Gasteiger partial charge in [-0.25, -0.2) is 4.68 Å². The van der Waals surface area contributed by atoms with Crippen LogP contribution in [0.15, 0.2) is 12.1 Å². The van der Waals surface area contributed by atoms with Crippen molar-refractivity contribution in [2.75, 3.05) is 12.3 Å². The highest BCUT2D eigenvalue weighted by Gasteiger charge is 2.20. The van der Waals surface area contributed by atoms with Crippen molar-refractivity contribution >= 4 is 28.9 Å². The first-order valence-corrected chi connectivity index (χ1v) is 7.53. The first kappa shape index (κ1) is 14.6. The van der Waals surface area contributed by atoms with E-state index in [9.17, 15) is 0 Å². The Morgan fingerprint density at radius 2 is 2.19 bits per heavy atom. The summed E-state index contributed by atoms with van der Waals surface area (Å²) in [5.74, 6) is 0.545. The molecule has 8 heteroatoms. The van der Waals surface area contributed by atoms with Gasteiger partial charge in [0.2, 0.25) is 0 Å². The van der Waals surface area contributed by atoms with E-state index < -0.39 is 0 Å². The molecule has 2 N–H and O–H groups in total. The van der Waals surface area contributed by atoms with Crippen LogP contribution in [-0.4, -0.2) is 32.9 Å². The van der Waals surface area contributed by atoms with Crippen molar-refractivity contribution in [2.45, 2.75) is 31.9 Å². The van der Waals surface area contributed by atoms with E-state index >= 15 is 0 Å². The minimum Gasteiger partial charge on any atom is -0.399 e. The Hall–Kier alpha value is -1.37. The summed E-state index contributed by atoms with van der Waals surface area (Å²) < 4.78 is 7.41. The lowest BCUT2D eigenvalue weighted by atomic mass is 10.1. The van der Waals surface area contributed by atoms with E-state index in [2.05, 4.69) is 15.5 Å². The fourth-order valence-electron chi connectivity index (χ4n) is 2.44.